The smallest absolute Gasteiger partial charge is 0.0462 e. The van der Waals surface area contributed by atoms with E-state index >= 15 is 0 Å². The van der Waals surface area contributed by atoms with E-state index in [9.17, 15) is 5.11 Å². The van der Waals surface area contributed by atoms with E-state index in [2.05, 4.69) is 30.3 Å². The molecule has 1 atom stereocenters. The van der Waals surface area contributed by atoms with Crippen molar-refractivity contribution in [1.82, 2.24) is 0 Å². The van der Waals surface area contributed by atoms with Crippen LogP contribution < -0.4 is 0 Å². The van der Waals surface area contributed by atoms with Gasteiger partial charge < -0.3 is 5.11 Å². The summed E-state index contributed by atoms with van der Waals surface area (Å²) < 4.78 is 0. The third-order valence-corrected chi connectivity index (χ3v) is 4.85. The zero-order chi connectivity index (χ0) is 11.9. The first-order valence-corrected chi connectivity index (χ1v) is 7.67. The molecular weight excluding hydrogens is 228 g/mol. The Balaban J connectivity index is 1.72. The molecule has 0 aliphatic heterocycles. The zero-order valence-corrected chi connectivity index (χ0v) is 11.2. The average Bonchev–Trinajstić information content (AvgIpc) is 2.90. The highest BCUT2D eigenvalue weighted by atomic mass is 32.2. The second-order valence-electron chi connectivity index (χ2n) is 4.94. The molecule has 0 aromatic heterocycles. The lowest BCUT2D eigenvalue weighted by atomic mass is 9.89. The Kier molecular flexibility index (Phi) is 5.40. The molecule has 1 fully saturated rings. The largest absolute Gasteiger partial charge is 0.396 e. The van der Waals surface area contributed by atoms with E-state index in [4.69, 9.17) is 0 Å². The number of thioether (sulfide) groups is 1. The maximum atomic E-state index is 9.47. The molecular formula is C15H22OS. The van der Waals surface area contributed by atoms with Gasteiger partial charge in [0.15, 0.2) is 0 Å². The molecule has 2 rings (SSSR count). The van der Waals surface area contributed by atoms with Crippen molar-refractivity contribution in [2.75, 3.05) is 12.4 Å². The van der Waals surface area contributed by atoms with Crippen LogP contribution in [0.2, 0.25) is 0 Å². The number of rotatable bonds is 6. The highest BCUT2D eigenvalue weighted by Crippen LogP contribution is 2.34. The quantitative estimate of drug-likeness (QED) is 0.771. The van der Waals surface area contributed by atoms with Crippen LogP contribution in [0.5, 0.6) is 0 Å². The van der Waals surface area contributed by atoms with Crippen molar-refractivity contribution in [3.63, 3.8) is 0 Å². The van der Waals surface area contributed by atoms with Crippen LogP contribution in [0.3, 0.4) is 0 Å². The summed E-state index contributed by atoms with van der Waals surface area (Å²) in [6, 6.07) is 10.5. The fourth-order valence-corrected chi connectivity index (χ4v) is 3.76. The van der Waals surface area contributed by atoms with E-state index in [1.54, 1.807) is 0 Å². The molecule has 1 aromatic rings. The van der Waals surface area contributed by atoms with Gasteiger partial charge in [-0.05, 0) is 36.1 Å². The number of benzene rings is 1. The molecule has 1 saturated carbocycles. The number of hydrogen-bond acceptors (Lipinski definition) is 2. The van der Waals surface area contributed by atoms with Crippen LogP contribution in [0.1, 0.15) is 32.1 Å². The second kappa shape index (κ2) is 7.07. The summed E-state index contributed by atoms with van der Waals surface area (Å²) in [4.78, 5) is 1.34. The molecule has 0 heterocycles. The van der Waals surface area contributed by atoms with Gasteiger partial charge >= 0.3 is 0 Å². The predicted octanol–water partition coefficient (Wildman–Crippen LogP) is 3.97. The lowest BCUT2D eigenvalue weighted by molar-refractivity contribution is 0.173. The first kappa shape index (κ1) is 13.0. The molecule has 0 bridgehead atoms. The van der Waals surface area contributed by atoms with Gasteiger partial charge in [0.25, 0.3) is 0 Å². The summed E-state index contributed by atoms with van der Waals surface area (Å²) in [7, 11) is 0. The standard InChI is InChI=1S/C15H22OS/c16-12-14(13-6-4-5-7-13)10-11-17-15-8-2-1-3-9-15/h1-3,8-9,13-14,16H,4-7,10-12H2. The van der Waals surface area contributed by atoms with Crippen LogP contribution in [0, 0.1) is 11.8 Å². The van der Waals surface area contributed by atoms with Crippen LogP contribution in [0.25, 0.3) is 0 Å². The molecule has 0 radical (unpaired) electrons. The van der Waals surface area contributed by atoms with Crippen molar-refractivity contribution in [1.29, 1.82) is 0 Å². The number of aliphatic hydroxyl groups is 1. The highest BCUT2D eigenvalue weighted by Gasteiger charge is 2.23. The summed E-state index contributed by atoms with van der Waals surface area (Å²) >= 11 is 1.91. The first-order chi connectivity index (χ1) is 8.40. The first-order valence-electron chi connectivity index (χ1n) is 6.69. The second-order valence-corrected chi connectivity index (χ2v) is 6.11. The Labute approximate surface area is 109 Å². The molecule has 2 heteroatoms. The van der Waals surface area contributed by atoms with E-state index in [0.717, 1.165) is 18.1 Å². The summed E-state index contributed by atoms with van der Waals surface area (Å²) in [5, 5.41) is 9.47. The minimum Gasteiger partial charge on any atom is -0.396 e. The van der Waals surface area contributed by atoms with Gasteiger partial charge in [-0.25, -0.2) is 0 Å². The van der Waals surface area contributed by atoms with E-state index in [1.165, 1.54) is 30.6 Å². The van der Waals surface area contributed by atoms with Crippen LogP contribution in [-0.4, -0.2) is 17.5 Å². The van der Waals surface area contributed by atoms with E-state index < -0.39 is 0 Å². The lowest BCUT2D eigenvalue weighted by Gasteiger charge is -2.20. The average molecular weight is 250 g/mol. The van der Waals surface area contributed by atoms with E-state index in [1.807, 2.05) is 11.8 Å². The SMILES string of the molecule is OCC(CCSc1ccccc1)C1CCCC1. The Morgan fingerprint density at radius 2 is 1.88 bits per heavy atom. The molecule has 1 N–H and O–H groups in total. The normalized spacial score (nSPS) is 18.4. The van der Waals surface area contributed by atoms with E-state index in [-0.39, 0.29) is 0 Å². The fraction of sp³-hybridized carbons (Fsp3) is 0.600. The van der Waals surface area contributed by atoms with Gasteiger partial charge in [-0.1, -0.05) is 43.9 Å². The van der Waals surface area contributed by atoms with Gasteiger partial charge in [-0.15, -0.1) is 11.8 Å². The topological polar surface area (TPSA) is 20.2 Å². The molecule has 1 nitrogen and oxygen atoms in total. The Hall–Kier alpha value is -0.470. The Morgan fingerprint density at radius 1 is 1.18 bits per heavy atom. The zero-order valence-electron chi connectivity index (χ0n) is 10.3. The summed E-state index contributed by atoms with van der Waals surface area (Å²) in [5.74, 6) is 2.45. The van der Waals surface area contributed by atoms with Crippen molar-refractivity contribution in [2.24, 2.45) is 11.8 Å². The van der Waals surface area contributed by atoms with Crippen LogP contribution in [0.4, 0.5) is 0 Å². The van der Waals surface area contributed by atoms with E-state index in [0.29, 0.717) is 12.5 Å². The summed E-state index contributed by atoms with van der Waals surface area (Å²) in [6.45, 7) is 0.375. The van der Waals surface area contributed by atoms with Crippen LogP contribution in [-0.2, 0) is 0 Å². The van der Waals surface area contributed by atoms with Crippen molar-refractivity contribution < 1.29 is 5.11 Å². The van der Waals surface area contributed by atoms with Crippen molar-refractivity contribution in [3.05, 3.63) is 30.3 Å². The Morgan fingerprint density at radius 3 is 2.53 bits per heavy atom. The molecule has 0 spiro atoms. The molecule has 94 valence electrons. The summed E-state index contributed by atoms with van der Waals surface area (Å²) in [5.41, 5.74) is 0. The minimum atomic E-state index is 0.375. The molecule has 0 amide bonds. The molecule has 17 heavy (non-hydrogen) atoms. The molecule has 1 aliphatic carbocycles. The highest BCUT2D eigenvalue weighted by molar-refractivity contribution is 7.99. The third kappa shape index (κ3) is 4.04. The predicted molar refractivity (Wildman–Crippen MR) is 74.3 cm³/mol. The van der Waals surface area contributed by atoms with Crippen LogP contribution >= 0.6 is 11.8 Å². The molecule has 0 saturated heterocycles. The van der Waals surface area contributed by atoms with Gasteiger partial charge in [-0.3, -0.25) is 0 Å². The fourth-order valence-electron chi connectivity index (χ4n) is 2.75. The molecule has 1 aromatic carbocycles. The molecule has 1 unspecified atom stereocenters. The lowest BCUT2D eigenvalue weighted by Crippen LogP contribution is -2.16. The van der Waals surface area contributed by atoms with Gasteiger partial charge in [0.1, 0.15) is 0 Å². The van der Waals surface area contributed by atoms with Gasteiger partial charge in [0.05, 0.1) is 0 Å². The van der Waals surface area contributed by atoms with Gasteiger partial charge in [-0.2, -0.15) is 0 Å². The monoisotopic (exact) mass is 250 g/mol. The Bertz CT molecular complexity index is 306. The van der Waals surface area contributed by atoms with Gasteiger partial charge in [0.2, 0.25) is 0 Å². The van der Waals surface area contributed by atoms with Crippen molar-refractivity contribution in [2.45, 2.75) is 37.0 Å². The minimum absolute atomic E-state index is 0.375. The molecule has 1 aliphatic rings. The van der Waals surface area contributed by atoms with Gasteiger partial charge in [0, 0.05) is 11.5 Å². The van der Waals surface area contributed by atoms with Crippen molar-refractivity contribution in [3.8, 4) is 0 Å². The number of hydrogen-bond donors (Lipinski definition) is 1. The summed E-state index contributed by atoms with van der Waals surface area (Å²) in [6.07, 6.45) is 6.56. The maximum absolute atomic E-state index is 9.47. The van der Waals surface area contributed by atoms with Crippen molar-refractivity contribution >= 4 is 11.8 Å². The maximum Gasteiger partial charge on any atom is 0.0462 e. The van der Waals surface area contributed by atoms with Crippen LogP contribution in [0.15, 0.2) is 35.2 Å². The number of aliphatic hydroxyl groups excluding tert-OH is 1. The third-order valence-electron chi connectivity index (χ3n) is 3.80.